The topological polar surface area (TPSA) is 49.0 Å². The van der Waals surface area contributed by atoms with E-state index in [1.54, 1.807) is 17.1 Å². The maximum atomic E-state index is 12.5. The highest BCUT2D eigenvalue weighted by Crippen LogP contribution is 2.25. The second-order valence-corrected chi connectivity index (χ2v) is 5.01. The van der Waals surface area contributed by atoms with E-state index in [4.69, 9.17) is 0 Å². The minimum Gasteiger partial charge on any atom is -0.346 e. The van der Waals surface area contributed by atoms with Crippen LogP contribution in [0.4, 0.5) is 0 Å². The average Bonchev–Trinajstić information content (AvgIpc) is 2.76. The van der Waals surface area contributed by atoms with Crippen LogP contribution in [0.2, 0.25) is 0 Å². The summed E-state index contributed by atoms with van der Waals surface area (Å²) in [7, 11) is 0. The number of hydrogen-bond acceptors (Lipinski definition) is 2. The molecule has 102 valence electrons. The Morgan fingerprint density at radius 2 is 2.16 bits per heavy atom. The normalized spacial score (nSPS) is 17.6. The third-order valence-corrected chi connectivity index (χ3v) is 3.52. The van der Waals surface area contributed by atoms with Crippen molar-refractivity contribution in [2.24, 2.45) is 5.92 Å². The Bertz CT molecular complexity index is 480. The van der Waals surface area contributed by atoms with Gasteiger partial charge in [0.2, 0.25) is 5.91 Å². The Hall–Kier alpha value is -1.84. The number of aromatic amines is 1. The summed E-state index contributed by atoms with van der Waals surface area (Å²) in [5.41, 5.74) is 2.25. The summed E-state index contributed by atoms with van der Waals surface area (Å²) in [5.74, 6) is 1.18. The summed E-state index contributed by atoms with van der Waals surface area (Å²) in [6, 6.07) is 0. The van der Waals surface area contributed by atoms with Crippen LogP contribution in [0.5, 0.6) is 0 Å². The second kappa shape index (κ2) is 5.87. The molecule has 19 heavy (non-hydrogen) atoms. The molecule has 0 spiro atoms. The lowest BCUT2D eigenvalue weighted by Gasteiger charge is -2.27. The maximum absolute atomic E-state index is 12.5. The number of imidazole rings is 1. The predicted molar refractivity (Wildman–Crippen MR) is 75.8 cm³/mol. The SMILES string of the molecule is C=CCN(CC=C)C(=O)C1CCc2nc(C)[nH]c2C1. The Morgan fingerprint density at radius 3 is 2.79 bits per heavy atom. The molecule has 1 amide bonds. The molecule has 1 aliphatic rings. The van der Waals surface area contributed by atoms with E-state index in [1.165, 1.54) is 0 Å². The van der Waals surface area contributed by atoms with E-state index in [1.807, 2.05) is 6.92 Å². The first-order valence-electron chi connectivity index (χ1n) is 6.70. The highest BCUT2D eigenvalue weighted by Gasteiger charge is 2.29. The molecule has 4 nitrogen and oxygen atoms in total. The number of carbonyl (C=O) groups excluding carboxylic acids is 1. The number of hydrogen-bond donors (Lipinski definition) is 1. The zero-order valence-corrected chi connectivity index (χ0v) is 11.5. The molecule has 1 aliphatic carbocycles. The largest absolute Gasteiger partial charge is 0.346 e. The molecule has 0 aliphatic heterocycles. The number of nitrogens with zero attached hydrogens (tertiary/aromatic N) is 2. The van der Waals surface area contributed by atoms with Crippen molar-refractivity contribution in [2.45, 2.75) is 26.2 Å². The van der Waals surface area contributed by atoms with E-state index in [0.29, 0.717) is 13.1 Å². The van der Waals surface area contributed by atoms with Crippen molar-refractivity contribution in [3.63, 3.8) is 0 Å². The van der Waals surface area contributed by atoms with Gasteiger partial charge in [0.1, 0.15) is 5.82 Å². The van der Waals surface area contributed by atoms with E-state index in [0.717, 1.165) is 36.5 Å². The molecule has 1 N–H and O–H groups in total. The fourth-order valence-corrected chi connectivity index (χ4v) is 2.66. The first-order valence-corrected chi connectivity index (χ1v) is 6.70. The Balaban J connectivity index is 2.08. The number of carbonyl (C=O) groups is 1. The first kappa shape index (κ1) is 13.6. The molecule has 0 radical (unpaired) electrons. The second-order valence-electron chi connectivity index (χ2n) is 5.01. The lowest BCUT2D eigenvalue weighted by molar-refractivity contribution is -0.134. The summed E-state index contributed by atoms with van der Waals surface area (Å²) in [4.78, 5) is 22.0. The molecule has 1 aromatic rings. The van der Waals surface area contributed by atoms with Gasteiger partial charge in [-0.2, -0.15) is 0 Å². The molecule has 1 atom stereocenters. The van der Waals surface area contributed by atoms with Crippen LogP contribution in [0.3, 0.4) is 0 Å². The minimum absolute atomic E-state index is 0.0484. The zero-order valence-electron chi connectivity index (χ0n) is 11.5. The highest BCUT2D eigenvalue weighted by molar-refractivity contribution is 5.79. The number of aromatic nitrogens is 2. The van der Waals surface area contributed by atoms with Gasteiger partial charge in [-0.15, -0.1) is 13.2 Å². The monoisotopic (exact) mass is 259 g/mol. The number of nitrogens with one attached hydrogen (secondary N) is 1. The van der Waals surface area contributed by atoms with Gasteiger partial charge in [0.25, 0.3) is 0 Å². The van der Waals surface area contributed by atoms with Gasteiger partial charge >= 0.3 is 0 Å². The maximum Gasteiger partial charge on any atom is 0.226 e. The number of fused-ring (bicyclic) bond motifs is 1. The molecule has 0 saturated carbocycles. The van der Waals surface area contributed by atoms with Crippen molar-refractivity contribution in [3.05, 3.63) is 42.5 Å². The van der Waals surface area contributed by atoms with Crippen LogP contribution in [0.15, 0.2) is 25.3 Å². The fraction of sp³-hybridized carbons (Fsp3) is 0.467. The van der Waals surface area contributed by atoms with Gasteiger partial charge in [0.15, 0.2) is 0 Å². The van der Waals surface area contributed by atoms with Gasteiger partial charge < -0.3 is 9.88 Å². The van der Waals surface area contributed by atoms with Crippen LogP contribution in [0.1, 0.15) is 23.6 Å². The molecule has 1 aromatic heterocycles. The first-order chi connectivity index (χ1) is 9.15. The van der Waals surface area contributed by atoms with Crippen LogP contribution in [-0.2, 0) is 17.6 Å². The van der Waals surface area contributed by atoms with Gasteiger partial charge in [-0.1, -0.05) is 12.2 Å². The third kappa shape index (κ3) is 2.95. The lowest BCUT2D eigenvalue weighted by atomic mass is 9.88. The van der Waals surface area contributed by atoms with Crippen molar-refractivity contribution < 1.29 is 4.79 Å². The lowest BCUT2D eigenvalue weighted by Crippen LogP contribution is -2.38. The quantitative estimate of drug-likeness (QED) is 0.822. The number of amides is 1. The van der Waals surface area contributed by atoms with E-state index in [-0.39, 0.29) is 11.8 Å². The van der Waals surface area contributed by atoms with E-state index >= 15 is 0 Å². The van der Waals surface area contributed by atoms with E-state index in [9.17, 15) is 4.79 Å². The van der Waals surface area contributed by atoms with Crippen LogP contribution in [0.25, 0.3) is 0 Å². The third-order valence-electron chi connectivity index (χ3n) is 3.52. The summed E-state index contributed by atoms with van der Waals surface area (Å²) in [6.07, 6.45) is 6.04. The summed E-state index contributed by atoms with van der Waals surface area (Å²) >= 11 is 0. The molecule has 1 unspecified atom stereocenters. The molecule has 0 aromatic carbocycles. The van der Waals surface area contributed by atoms with Gasteiger partial charge in [-0.25, -0.2) is 4.98 Å². The molecule has 4 heteroatoms. The molecular formula is C15H21N3O. The molecule has 0 fully saturated rings. The zero-order chi connectivity index (χ0) is 13.8. The van der Waals surface area contributed by atoms with Gasteiger partial charge in [0.05, 0.1) is 5.69 Å². The van der Waals surface area contributed by atoms with E-state index in [2.05, 4.69) is 23.1 Å². The van der Waals surface area contributed by atoms with Crippen molar-refractivity contribution >= 4 is 5.91 Å². The predicted octanol–water partition coefficient (Wildman–Crippen LogP) is 2.02. The van der Waals surface area contributed by atoms with Crippen LogP contribution in [-0.4, -0.2) is 33.9 Å². The molecule has 0 bridgehead atoms. The number of rotatable bonds is 5. The molecule has 0 saturated heterocycles. The summed E-state index contributed by atoms with van der Waals surface area (Å²) in [6.45, 7) is 10.5. The van der Waals surface area contributed by atoms with Crippen LogP contribution < -0.4 is 0 Å². The number of H-pyrrole nitrogens is 1. The van der Waals surface area contributed by atoms with Crippen molar-refractivity contribution in [1.82, 2.24) is 14.9 Å². The highest BCUT2D eigenvalue weighted by atomic mass is 16.2. The van der Waals surface area contributed by atoms with Gasteiger partial charge in [0, 0.05) is 31.1 Å². The summed E-state index contributed by atoms with van der Waals surface area (Å²) in [5, 5.41) is 0. The summed E-state index contributed by atoms with van der Waals surface area (Å²) < 4.78 is 0. The van der Waals surface area contributed by atoms with Gasteiger partial charge in [-0.05, 0) is 19.8 Å². The molecule has 1 heterocycles. The molecule has 2 rings (SSSR count). The van der Waals surface area contributed by atoms with Gasteiger partial charge in [-0.3, -0.25) is 4.79 Å². The Morgan fingerprint density at radius 1 is 1.47 bits per heavy atom. The van der Waals surface area contributed by atoms with Crippen molar-refractivity contribution in [3.8, 4) is 0 Å². The number of aryl methyl sites for hydroxylation is 2. The molecular weight excluding hydrogens is 238 g/mol. The standard InChI is InChI=1S/C15H21N3O/c1-4-8-18(9-5-2)15(19)12-6-7-13-14(10-12)17-11(3)16-13/h4-5,12H,1-2,6-10H2,3H3,(H,16,17). The van der Waals surface area contributed by atoms with Crippen LogP contribution in [0, 0.1) is 12.8 Å². The van der Waals surface area contributed by atoms with E-state index < -0.39 is 0 Å². The Labute approximate surface area is 114 Å². The minimum atomic E-state index is 0.0484. The smallest absolute Gasteiger partial charge is 0.226 e. The Kier molecular flexibility index (Phi) is 4.20. The van der Waals surface area contributed by atoms with Crippen molar-refractivity contribution in [1.29, 1.82) is 0 Å². The van der Waals surface area contributed by atoms with Crippen LogP contribution >= 0.6 is 0 Å². The van der Waals surface area contributed by atoms with Crippen molar-refractivity contribution in [2.75, 3.05) is 13.1 Å². The average molecular weight is 259 g/mol. The fourth-order valence-electron chi connectivity index (χ4n) is 2.66.